The van der Waals surface area contributed by atoms with Crippen LogP contribution in [0.25, 0.3) is 0 Å². The van der Waals surface area contributed by atoms with Crippen molar-refractivity contribution in [2.45, 2.75) is 24.5 Å². The number of thioether (sulfide) groups is 1. The molecule has 0 N–H and O–H groups in total. The number of hydrogen-bond donors (Lipinski definition) is 0. The van der Waals surface area contributed by atoms with Gasteiger partial charge < -0.3 is 0 Å². The van der Waals surface area contributed by atoms with Gasteiger partial charge in [0.15, 0.2) is 0 Å². The normalized spacial score (nSPS) is 12.7. The second kappa shape index (κ2) is 8.73. The number of nitrogens with zero attached hydrogens (tertiary/aromatic N) is 5. The van der Waals surface area contributed by atoms with Gasteiger partial charge in [0.1, 0.15) is 0 Å². The molecule has 7 heteroatoms. The summed E-state index contributed by atoms with van der Waals surface area (Å²) in [6.45, 7) is 0.569. The molecule has 3 aromatic carbocycles. The summed E-state index contributed by atoms with van der Waals surface area (Å²) in [7, 11) is 0. The topological polar surface area (TPSA) is 63.9 Å². The van der Waals surface area contributed by atoms with Crippen LogP contribution in [0.2, 0.25) is 0 Å². The van der Waals surface area contributed by atoms with Crippen LogP contribution in [0.3, 0.4) is 0 Å². The largest absolute Gasteiger partial charge is 0.280 e. The van der Waals surface area contributed by atoms with Crippen LogP contribution >= 0.6 is 11.8 Å². The first-order valence-corrected chi connectivity index (χ1v) is 11.2. The summed E-state index contributed by atoms with van der Waals surface area (Å²) in [5.41, 5.74) is 5.40. The predicted octanol–water partition coefficient (Wildman–Crippen LogP) is 4.28. The van der Waals surface area contributed by atoms with Crippen LogP contribution in [0, 0.1) is 0 Å². The van der Waals surface area contributed by atoms with Crippen molar-refractivity contribution < 1.29 is 4.79 Å². The maximum absolute atomic E-state index is 13.5. The number of amides is 1. The molecule has 0 aliphatic carbocycles. The molecule has 0 radical (unpaired) electrons. The molecule has 0 fully saturated rings. The Bertz CT molecular complexity index is 1160. The molecule has 154 valence electrons. The van der Waals surface area contributed by atoms with Crippen molar-refractivity contribution in [2.24, 2.45) is 0 Å². The SMILES string of the molecule is O=C(CSc1nnnn1Cc1ccccc1)N1c2ccccc2CCc2ccccc21. The van der Waals surface area contributed by atoms with Crippen LogP contribution in [-0.4, -0.2) is 31.9 Å². The second-order valence-corrected chi connectivity index (χ2v) is 8.32. The van der Waals surface area contributed by atoms with Gasteiger partial charge in [-0.25, -0.2) is 4.68 Å². The second-order valence-electron chi connectivity index (χ2n) is 7.38. The molecular formula is C24H21N5OS. The molecule has 0 atom stereocenters. The van der Waals surface area contributed by atoms with Crippen molar-refractivity contribution >= 4 is 29.0 Å². The minimum Gasteiger partial charge on any atom is -0.280 e. The number of carbonyl (C=O) groups is 1. The van der Waals surface area contributed by atoms with Gasteiger partial charge in [0.05, 0.1) is 23.7 Å². The lowest BCUT2D eigenvalue weighted by atomic mass is 10.0. The standard InChI is InChI=1S/C24H21N5OS/c30-23(17-31-24-25-26-27-28(24)16-18-8-2-1-3-9-18)29-21-12-6-4-10-19(21)14-15-20-11-5-7-13-22(20)29/h1-13H,14-17H2. The zero-order chi connectivity index (χ0) is 21.0. The average molecular weight is 428 g/mol. The summed E-state index contributed by atoms with van der Waals surface area (Å²) in [5, 5.41) is 12.7. The van der Waals surface area contributed by atoms with Gasteiger partial charge in [-0.05, 0) is 52.1 Å². The van der Waals surface area contributed by atoms with Gasteiger partial charge in [-0.3, -0.25) is 9.69 Å². The van der Waals surface area contributed by atoms with Crippen LogP contribution in [0.1, 0.15) is 16.7 Å². The fourth-order valence-electron chi connectivity index (χ4n) is 3.89. The van der Waals surface area contributed by atoms with E-state index in [-0.39, 0.29) is 11.7 Å². The molecule has 0 bridgehead atoms. The Morgan fingerprint density at radius 2 is 1.45 bits per heavy atom. The molecule has 0 saturated carbocycles. The minimum atomic E-state index is 0.0149. The fraction of sp³-hybridized carbons (Fsp3) is 0.167. The number of para-hydroxylation sites is 2. The Hall–Kier alpha value is -3.45. The molecule has 1 amide bonds. The first kappa shape index (κ1) is 19.5. The highest BCUT2D eigenvalue weighted by atomic mass is 32.2. The number of aryl methyl sites for hydroxylation is 2. The molecule has 1 aromatic heterocycles. The number of carbonyl (C=O) groups excluding carboxylic acids is 1. The summed E-state index contributed by atoms with van der Waals surface area (Å²) < 4.78 is 1.73. The van der Waals surface area contributed by atoms with Crippen molar-refractivity contribution in [3.63, 3.8) is 0 Å². The van der Waals surface area contributed by atoms with E-state index in [1.165, 1.54) is 22.9 Å². The van der Waals surface area contributed by atoms with Gasteiger partial charge >= 0.3 is 0 Å². The third-order valence-electron chi connectivity index (χ3n) is 5.38. The van der Waals surface area contributed by atoms with Crippen molar-refractivity contribution in [3.8, 4) is 0 Å². The van der Waals surface area contributed by atoms with Crippen LogP contribution < -0.4 is 4.90 Å². The van der Waals surface area contributed by atoms with E-state index in [0.717, 1.165) is 29.8 Å². The Morgan fingerprint density at radius 1 is 0.839 bits per heavy atom. The van der Waals surface area contributed by atoms with E-state index in [1.54, 1.807) is 4.68 Å². The molecular weight excluding hydrogens is 406 g/mol. The molecule has 0 spiro atoms. The molecule has 1 aliphatic heterocycles. The summed E-state index contributed by atoms with van der Waals surface area (Å²) in [5.74, 6) is 0.263. The van der Waals surface area contributed by atoms with E-state index in [0.29, 0.717) is 11.7 Å². The molecule has 4 aromatic rings. The monoisotopic (exact) mass is 427 g/mol. The van der Waals surface area contributed by atoms with Crippen LogP contribution in [0.15, 0.2) is 84.0 Å². The highest BCUT2D eigenvalue weighted by Crippen LogP contribution is 2.36. The van der Waals surface area contributed by atoms with Crippen molar-refractivity contribution in [3.05, 3.63) is 95.6 Å². The third-order valence-corrected chi connectivity index (χ3v) is 6.32. The molecule has 2 heterocycles. The quantitative estimate of drug-likeness (QED) is 0.445. The van der Waals surface area contributed by atoms with Crippen molar-refractivity contribution in [2.75, 3.05) is 10.7 Å². The lowest BCUT2D eigenvalue weighted by Gasteiger charge is -2.24. The van der Waals surface area contributed by atoms with Gasteiger partial charge in [-0.15, -0.1) is 5.10 Å². The zero-order valence-corrected chi connectivity index (χ0v) is 17.7. The summed E-state index contributed by atoms with van der Waals surface area (Å²) in [4.78, 5) is 15.3. The van der Waals surface area contributed by atoms with Gasteiger partial charge in [-0.1, -0.05) is 78.5 Å². The van der Waals surface area contributed by atoms with E-state index in [4.69, 9.17) is 0 Å². The van der Waals surface area contributed by atoms with E-state index < -0.39 is 0 Å². The van der Waals surface area contributed by atoms with E-state index in [2.05, 4.69) is 27.7 Å². The molecule has 31 heavy (non-hydrogen) atoms. The third kappa shape index (κ3) is 4.09. The highest BCUT2D eigenvalue weighted by Gasteiger charge is 2.26. The lowest BCUT2D eigenvalue weighted by Crippen LogP contribution is -2.28. The molecule has 0 unspecified atom stereocenters. The number of rotatable bonds is 5. The Labute approximate surface area is 184 Å². The first-order chi connectivity index (χ1) is 15.3. The maximum atomic E-state index is 13.5. The smallest absolute Gasteiger partial charge is 0.242 e. The lowest BCUT2D eigenvalue weighted by molar-refractivity contribution is -0.115. The van der Waals surface area contributed by atoms with E-state index >= 15 is 0 Å². The fourth-order valence-corrected chi connectivity index (χ4v) is 4.62. The van der Waals surface area contributed by atoms with Gasteiger partial charge in [-0.2, -0.15) is 0 Å². The minimum absolute atomic E-state index is 0.0149. The maximum Gasteiger partial charge on any atom is 0.242 e. The first-order valence-electron chi connectivity index (χ1n) is 10.2. The number of hydrogen-bond acceptors (Lipinski definition) is 5. The Kier molecular flexibility index (Phi) is 5.50. The molecule has 0 saturated heterocycles. The van der Waals surface area contributed by atoms with Crippen molar-refractivity contribution in [1.29, 1.82) is 0 Å². The number of fused-ring (bicyclic) bond motifs is 2. The average Bonchev–Trinajstić information content (AvgIpc) is 3.17. The van der Waals surface area contributed by atoms with Gasteiger partial charge in [0, 0.05) is 0 Å². The zero-order valence-electron chi connectivity index (χ0n) is 16.9. The molecule has 5 rings (SSSR count). The Morgan fingerprint density at radius 3 is 2.13 bits per heavy atom. The van der Waals surface area contributed by atoms with Crippen LogP contribution in [0.5, 0.6) is 0 Å². The number of anilines is 2. The number of aromatic nitrogens is 4. The number of benzene rings is 3. The van der Waals surface area contributed by atoms with Crippen molar-refractivity contribution in [1.82, 2.24) is 20.2 Å². The van der Waals surface area contributed by atoms with Gasteiger partial charge in [0.25, 0.3) is 0 Å². The summed E-state index contributed by atoms with van der Waals surface area (Å²) in [6, 6.07) is 26.3. The molecule has 1 aliphatic rings. The van der Waals surface area contributed by atoms with E-state index in [1.807, 2.05) is 71.6 Å². The number of tetrazole rings is 1. The predicted molar refractivity (Wildman–Crippen MR) is 122 cm³/mol. The Balaban J connectivity index is 1.39. The molecule has 6 nitrogen and oxygen atoms in total. The van der Waals surface area contributed by atoms with Crippen LogP contribution in [0.4, 0.5) is 11.4 Å². The summed E-state index contributed by atoms with van der Waals surface area (Å²) in [6.07, 6.45) is 1.83. The van der Waals surface area contributed by atoms with Gasteiger partial charge in [0.2, 0.25) is 11.1 Å². The summed E-state index contributed by atoms with van der Waals surface area (Å²) >= 11 is 1.37. The van der Waals surface area contributed by atoms with E-state index in [9.17, 15) is 4.79 Å². The van der Waals surface area contributed by atoms with Crippen LogP contribution in [-0.2, 0) is 24.2 Å². The highest BCUT2D eigenvalue weighted by molar-refractivity contribution is 7.99.